The molecule has 2 aliphatic heterocycles. The van der Waals surface area contributed by atoms with Gasteiger partial charge in [-0.2, -0.15) is 8.42 Å². The van der Waals surface area contributed by atoms with Crippen molar-refractivity contribution in [2.45, 2.75) is 18.9 Å². The molecule has 0 unspecified atom stereocenters. The third-order valence-corrected chi connectivity index (χ3v) is 4.92. The molecule has 0 aliphatic carbocycles. The van der Waals surface area contributed by atoms with Crippen LogP contribution in [-0.2, 0) is 29.0 Å². The molecule has 0 saturated carbocycles. The summed E-state index contributed by atoms with van der Waals surface area (Å²) in [5.41, 5.74) is -0.197. The van der Waals surface area contributed by atoms with Crippen LogP contribution in [0.2, 0.25) is 0 Å². The highest BCUT2D eigenvalue weighted by molar-refractivity contribution is 8.05. The number of thioether (sulfide) groups is 1. The number of carbonyl (C=O) groups excluding carboxylic acids is 1. The zero-order chi connectivity index (χ0) is 18.1. The quantitative estimate of drug-likeness (QED) is 0.299. The maximum atomic E-state index is 12.1. The van der Waals surface area contributed by atoms with E-state index in [0.717, 1.165) is 22.7 Å². The summed E-state index contributed by atoms with van der Waals surface area (Å²) in [6, 6.07) is -0.450. The molecule has 24 heavy (non-hydrogen) atoms. The summed E-state index contributed by atoms with van der Waals surface area (Å²) in [6.07, 6.45) is 1.08. The fourth-order valence-corrected chi connectivity index (χ4v) is 3.85. The van der Waals surface area contributed by atoms with Gasteiger partial charge in [0.05, 0.1) is 18.6 Å². The van der Waals surface area contributed by atoms with Crippen molar-refractivity contribution in [3.05, 3.63) is 22.1 Å². The van der Waals surface area contributed by atoms with Gasteiger partial charge < -0.3 is 15.1 Å². The summed E-state index contributed by atoms with van der Waals surface area (Å²) in [7, 11) is -4.60. The third-order valence-electron chi connectivity index (χ3n) is 3.53. The number of hydrogen-bond donors (Lipinski definition) is 3. The second kappa shape index (κ2) is 6.93. The number of carbonyl (C=O) groups is 3. The van der Waals surface area contributed by atoms with Gasteiger partial charge in [-0.15, -0.1) is 0 Å². The zero-order valence-corrected chi connectivity index (χ0v) is 13.6. The molecule has 0 spiro atoms. The minimum Gasteiger partial charge on any atom is -0.478 e. The molecule has 0 bridgehead atoms. The lowest BCUT2D eigenvalue weighted by atomic mass is 9.85. The Morgan fingerprint density at radius 2 is 2.04 bits per heavy atom. The van der Waals surface area contributed by atoms with Gasteiger partial charge in [-0.3, -0.25) is 9.35 Å². The van der Waals surface area contributed by atoms with Crippen molar-refractivity contribution in [1.82, 2.24) is 4.90 Å². The van der Waals surface area contributed by atoms with Crippen LogP contribution in [0.15, 0.2) is 22.1 Å². The van der Waals surface area contributed by atoms with E-state index < -0.39 is 46.8 Å². The fourth-order valence-electron chi connectivity index (χ4n) is 2.63. The largest absolute Gasteiger partial charge is 0.478 e. The first-order chi connectivity index (χ1) is 11.1. The summed E-state index contributed by atoms with van der Waals surface area (Å²) in [5, 5.41) is 19.0. The van der Waals surface area contributed by atoms with E-state index in [1.165, 1.54) is 5.41 Å². The van der Waals surface area contributed by atoms with Gasteiger partial charge in [0.2, 0.25) is 5.91 Å². The van der Waals surface area contributed by atoms with E-state index in [1.807, 2.05) is 0 Å². The molecule has 2 rings (SSSR count). The SMILES string of the molecule is O=C(O)C=CSC1=C(C(=O)O)N2C(=O)[C@H](CCOS(=O)(=O)O)[C@H]2C1. The van der Waals surface area contributed by atoms with Crippen molar-refractivity contribution in [1.29, 1.82) is 0 Å². The molecule has 3 N–H and O–H groups in total. The Kier molecular flexibility index (Phi) is 5.32. The molecular formula is C12H13NO9S2. The highest BCUT2D eigenvalue weighted by atomic mass is 32.3. The van der Waals surface area contributed by atoms with E-state index in [2.05, 4.69) is 4.18 Å². The number of carboxylic acid groups (broad SMARTS) is 2. The second-order valence-electron chi connectivity index (χ2n) is 4.96. The van der Waals surface area contributed by atoms with E-state index in [1.54, 1.807) is 0 Å². The average molecular weight is 379 g/mol. The first-order valence-electron chi connectivity index (χ1n) is 6.59. The Hall–Kier alpha value is -1.89. The predicted molar refractivity (Wildman–Crippen MR) is 79.9 cm³/mol. The molecule has 0 radical (unpaired) electrons. The topological polar surface area (TPSA) is 159 Å². The molecule has 12 heteroatoms. The highest BCUT2D eigenvalue weighted by Gasteiger charge is 2.54. The minimum absolute atomic E-state index is 0.00952. The average Bonchev–Trinajstić information content (AvgIpc) is 2.77. The summed E-state index contributed by atoms with van der Waals surface area (Å²) < 4.78 is 33.6. The molecular weight excluding hydrogens is 366 g/mol. The first kappa shape index (κ1) is 18.4. The van der Waals surface area contributed by atoms with E-state index in [0.29, 0.717) is 4.91 Å². The number of hydrogen-bond acceptors (Lipinski definition) is 7. The maximum Gasteiger partial charge on any atom is 0.397 e. The van der Waals surface area contributed by atoms with Crippen molar-refractivity contribution in [2.24, 2.45) is 5.92 Å². The van der Waals surface area contributed by atoms with Crippen LogP contribution in [0.25, 0.3) is 0 Å². The predicted octanol–water partition coefficient (Wildman–Crippen LogP) is 0.0543. The summed E-state index contributed by atoms with van der Waals surface area (Å²) in [5.74, 6) is -3.58. The number of aliphatic carboxylic acids is 2. The van der Waals surface area contributed by atoms with Gasteiger partial charge >= 0.3 is 22.3 Å². The second-order valence-corrected chi connectivity index (χ2v) is 7.05. The third kappa shape index (κ3) is 3.95. The molecule has 132 valence electrons. The van der Waals surface area contributed by atoms with Gasteiger partial charge in [0, 0.05) is 17.4 Å². The summed E-state index contributed by atoms with van der Waals surface area (Å²) in [4.78, 5) is 35.3. The Labute approximate surface area is 140 Å². The van der Waals surface area contributed by atoms with Gasteiger partial charge in [0.15, 0.2) is 0 Å². The molecule has 1 fully saturated rings. The molecule has 2 atom stereocenters. The standard InChI is InChI=1S/C12H13NO9S2/c14-9(15)2-4-23-8-5-7-6(1-3-22-24(19,20)21)11(16)13(7)10(8)12(17)18/h2,4,6-7H,1,3,5H2,(H,14,15)(H,17,18)(H,19,20,21)/t6-,7-/m1/s1. The summed E-state index contributed by atoms with van der Waals surface area (Å²) in [6.45, 7) is -0.399. The fraction of sp³-hybridized carbons (Fsp3) is 0.417. The number of amides is 1. The van der Waals surface area contributed by atoms with Crippen LogP contribution >= 0.6 is 11.8 Å². The van der Waals surface area contributed by atoms with Gasteiger partial charge in [-0.1, -0.05) is 11.8 Å². The van der Waals surface area contributed by atoms with Crippen LogP contribution < -0.4 is 0 Å². The molecule has 2 aliphatic rings. The van der Waals surface area contributed by atoms with Crippen LogP contribution in [0.4, 0.5) is 0 Å². The molecule has 2 heterocycles. The number of carboxylic acids is 2. The lowest BCUT2D eigenvalue weighted by Crippen LogP contribution is -2.58. The Morgan fingerprint density at radius 3 is 2.58 bits per heavy atom. The Morgan fingerprint density at radius 1 is 1.38 bits per heavy atom. The van der Waals surface area contributed by atoms with Crippen molar-refractivity contribution >= 4 is 40.0 Å². The van der Waals surface area contributed by atoms with Crippen LogP contribution in [0.1, 0.15) is 12.8 Å². The van der Waals surface area contributed by atoms with E-state index in [9.17, 15) is 27.9 Å². The zero-order valence-electron chi connectivity index (χ0n) is 12.0. The van der Waals surface area contributed by atoms with Crippen LogP contribution in [0.5, 0.6) is 0 Å². The lowest BCUT2D eigenvalue weighted by Gasteiger charge is -2.43. The number of fused-ring (bicyclic) bond motifs is 1. The van der Waals surface area contributed by atoms with Crippen LogP contribution in [-0.4, -0.2) is 58.6 Å². The number of nitrogens with zero attached hydrogens (tertiary/aromatic N) is 1. The van der Waals surface area contributed by atoms with E-state index >= 15 is 0 Å². The smallest absolute Gasteiger partial charge is 0.397 e. The number of rotatable bonds is 8. The molecule has 0 aromatic rings. The molecule has 10 nitrogen and oxygen atoms in total. The van der Waals surface area contributed by atoms with Crippen LogP contribution in [0.3, 0.4) is 0 Å². The number of β-lactam (4-membered cyclic amide) rings is 1. The molecule has 1 saturated heterocycles. The normalized spacial score (nSPS) is 23.5. The molecule has 0 aromatic heterocycles. The van der Waals surface area contributed by atoms with E-state index in [-0.39, 0.29) is 18.5 Å². The summed E-state index contributed by atoms with van der Waals surface area (Å²) >= 11 is 0.905. The lowest BCUT2D eigenvalue weighted by molar-refractivity contribution is -0.155. The van der Waals surface area contributed by atoms with Gasteiger partial charge in [0.1, 0.15) is 5.70 Å². The van der Waals surface area contributed by atoms with Crippen molar-refractivity contribution in [2.75, 3.05) is 6.61 Å². The van der Waals surface area contributed by atoms with Crippen molar-refractivity contribution in [3.8, 4) is 0 Å². The van der Waals surface area contributed by atoms with Gasteiger partial charge in [0.25, 0.3) is 0 Å². The van der Waals surface area contributed by atoms with Crippen molar-refractivity contribution in [3.63, 3.8) is 0 Å². The molecule has 1 amide bonds. The first-order valence-corrected chi connectivity index (χ1v) is 8.83. The van der Waals surface area contributed by atoms with E-state index in [4.69, 9.17) is 9.66 Å². The Bertz CT molecular complexity index is 740. The van der Waals surface area contributed by atoms with Crippen LogP contribution in [0, 0.1) is 5.92 Å². The molecule has 0 aromatic carbocycles. The maximum absolute atomic E-state index is 12.1. The Balaban J connectivity index is 2.05. The van der Waals surface area contributed by atoms with Gasteiger partial charge in [-0.25, -0.2) is 13.8 Å². The minimum atomic E-state index is -4.60. The monoisotopic (exact) mass is 379 g/mol. The van der Waals surface area contributed by atoms with Gasteiger partial charge in [-0.05, 0) is 11.8 Å². The van der Waals surface area contributed by atoms with Crippen molar-refractivity contribution < 1.29 is 41.8 Å². The highest BCUT2D eigenvalue weighted by Crippen LogP contribution is 2.47.